The Morgan fingerprint density at radius 1 is 1.40 bits per heavy atom. The van der Waals surface area contributed by atoms with Crippen LogP contribution in [0.15, 0.2) is 29.2 Å². The van der Waals surface area contributed by atoms with Crippen LogP contribution >= 0.6 is 12.6 Å². The summed E-state index contributed by atoms with van der Waals surface area (Å²) in [6, 6.07) is 7.30. The summed E-state index contributed by atoms with van der Waals surface area (Å²) in [6.45, 7) is 6.06. The lowest BCUT2D eigenvalue weighted by atomic mass is 10.0. The van der Waals surface area contributed by atoms with Crippen molar-refractivity contribution in [2.24, 2.45) is 0 Å². The molecule has 15 heavy (non-hydrogen) atoms. The number of amides is 1. The molecular weight excluding hydrogens is 206 g/mol. The minimum atomic E-state index is -0.173. The summed E-state index contributed by atoms with van der Waals surface area (Å²) in [5.41, 5.74) is 0.454. The van der Waals surface area contributed by atoms with E-state index in [1.165, 1.54) is 0 Å². The van der Waals surface area contributed by atoms with Gasteiger partial charge < -0.3 is 5.32 Å². The van der Waals surface area contributed by atoms with Crippen molar-refractivity contribution in [3.05, 3.63) is 29.8 Å². The Labute approximate surface area is 96.5 Å². The minimum absolute atomic E-state index is 0.0625. The zero-order valence-electron chi connectivity index (χ0n) is 9.37. The van der Waals surface area contributed by atoms with Crippen LogP contribution in [0.5, 0.6) is 0 Å². The second-order valence-corrected chi connectivity index (χ2v) is 4.69. The smallest absolute Gasteiger partial charge is 0.252 e. The fourth-order valence-corrected chi connectivity index (χ4v) is 1.39. The molecule has 0 aromatic heterocycles. The van der Waals surface area contributed by atoms with Crippen LogP contribution in [0.1, 0.15) is 37.6 Å². The van der Waals surface area contributed by atoms with Crippen LogP contribution in [0, 0.1) is 0 Å². The van der Waals surface area contributed by atoms with Crippen LogP contribution in [-0.4, -0.2) is 11.4 Å². The first-order valence-corrected chi connectivity index (χ1v) is 5.51. The third-order valence-corrected chi connectivity index (χ3v) is 2.87. The number of rotatable bonds is 3. The molecule has 2 nitrogen and oxygen atoms in total. The average Bonchev–Trinajstić information content (AvgIpc) is 2.17. The third kappa shape index (κ3) is 3.27. The average molecular weight is 223 g/mol. The van der Waals surface area contributed by atoms with E-state index in [2.05, 4.69) is 17.9 Å². The lowest BCUT2D eigenvalue weighted by molar-refractivity contribution is 0.0908. The van der Waals surface area contributed by atoms with Gasteiger partial charge in [-0.2, -0.15) is 0 Å². The van der Waals surface area contributed by atoms with E-state index in [1.807, 2.05) is 39.0 Å². The fraction of sp³-hybridized carbons (Fsp3) is 0.417. The summed E-state index contributed by atoms with van der Waals surface area (Å²) in [5, 5.41) is 2.98. The van der Waals surface area contributed by atoms with E-state index < -0.39 is 0 Å². The molecule has 0 bridgehead atoms. The molecule has 0 heterocycles. The van der Waals surface area contributed by atoms with Gasteiger partial charge in [-0.1, -0.05) is 19.1 Å². The topological polar surface area (TPSA) is 29.1 Å². The maximum Gasteiger partial charge on any atom is 0.252 e. The molecule has 0 aliphatic carbocycles. The molecule has 1 N–H and O–H groups in total. The molecule has 3 heteroatoms. The predicted molar refractivity (Wildman–Crippen MR) is 65.5 cm³/mol. The van der Waals surface area contributed by atoms with E-state index >= 15 is 0 Å². The first-order valence-electron chi connectivity index (χ1n) is 5.07. The van der Waals surface area contributed by atoms with Crippen molar-refractivity contribution in [2.75, 3.05) is 0 Å². The van der Waals surface area contributed by atoms with E-state index in [0.717, 1.165) is 6.42 Å². The quantitative estimate of drug-likeness (QED) is 0.758. The Balaban J connectivity index is 2.83. The largest absolute Gasteiger partial charge is 0.347 e. The van der Waals surface area contributed by atoms with Crippen LogP contribution in [0.2, 0.25) is 0 Å². The Bertz CT molecular complexity index is 360. The van der Waals surface area contributed by atoms with Gasteiger partial charge in [-0.3, -0.25) is 4.79 Å². The Morgan fingerprint density at radius 3 is 2.53 bits per heavy atom. The van der Waals surface area contributed by atoms with Gasteiger partial charge >= 0.3 is 0 Å². The van der Waals surface area contributed by atoms with Crippen molar-refractivity contribution in [1.82, 2.24) is 5.32 Å². The Morgan fingerprint density at radius 2 is 2.00 bits per heavy atom. The molecule has 0 fully saturated rings. The van der Waals surface area contributed by atoms with Crippen LogP contribution < -0.4 is 5.32 Å². The highest BCUT2D eigenvalue weighted by Gasteiger charge is 2.19. The van der Waals surface area contributed by atoms with E-state index in [4.69, 9.17) is 0 Å². The van der Waals surface area contributed by atoms with Crippen molar-refractivity contribution in [2.45, 2.75) is 37.6 Å². The van der Waals surface area contributed by atoms with Gasteiger partial charge in [0.05, 0.1) is 5.56 Å². The van der Waals surface area contributed by atoms with Gasteiger partial charge in [0.1, 0.15) is 0 Å². The van der Waals surface area contributed by atoms with Gasteiger partial charge in [0, 0.05) is 10.4 Å². The summed E-state index contributed by atoms with van der Waals surface area (Å²) in [5.74, 6) is -0.0625. The SMILES string of the molecule is CCC(C)(C)NC(=O)c1ccccc1S. The maximum atomic E-state index is 11.9. The summed E-state index contributed by atoms with van der Waals surface area (Å²) in [7, 11) is 0. The highest BCUT2D eigenvalue weighted by molar-refractivity contribution is 7.80. The van der Waals surface area contributed by atoms with Gasteiger partial charge in [-0.15, -0.1) is 12.6 Å². The molecule has 1 rings (SSSR count). The van der Waals surface area contributed by atoms with Crippen molar-refractivity contribution in [3.8, 4) is 0 Å². The second-order valence-electron chi connectivity index (χ2n) is 4.21. The molecule has 0 aliphatic heterocycles. The number of hydrogen-bond acceptors (Lipinski definition) is 2. The van der Waals surface area contributed by atoms with Gasteiger partial charge in [0.15, 0.2) is 0 Å². The fourth-order valence-electron chi connectivity index (χ4n) is 1.13. The Hall–Kier alpha value is -0.960. The lowest BCUT2D eigenvalue weighted by Crippen LogP contribution is -2.42. The number of benzene rings is 1. The van der Waals surface area contributed by atoms with E-state index in [0.29, 0.717) is 10.5 Å². The molecular formula is C12H17NOS. The highest BCUT2D eigenvalue weighted by atomic mass is 32.1. The molecule has 0 saturated carbocycles. The number of nitrogens with one attached hydrogen (secondary N) is 1. The highest BCUT2D eigenvalue weighted by Crippen LogP contribution is 2.15. The van der Waals surface area contributed by atoms with Crippen molar-refractivity contribution in [1.29, 1.82) is 0 Å². The zero-order chi connectivity index (χ0) is 11.5. The summed E-state index contributed by atoms with van der Waals surface area (Å²) >= 11 is 4.26. The normalized spacial score (nSPS) is 11.2. The van der Waals surface area contributed by atoms with Gasteiger partial charge in [0.2, 0.25) is 0 Å². The van der Waals surface area contributed by atoms with Gasteiger partial charge in [-0.05, 0) is 32.4 Å². The van der Waals surface area contributed by atoms with Gasteiger partial charge in [-0.25, -0.2) is 0 Å². The molecule has 1 amide bonds. The molecule has 0 saturated heterocycles. The monoisotopic (exact) mass is 223 g/mol. The minimum Gasteiger partial charge on any atom is -0.347 e. The summed E-state index contributed by atoms with van der Waals surface area (Å²) < 4.78 is 0. The third-order valence-electron chi connectivity index (χ3n) is 2.48. The van der Waals surface area contributed by atoms with Crippen molar-refractivity contribution in [3.63, 3.8) is 0 Å². The number of hydrogen-bond donors (Lipinski definition) is 2. The molecule has 82 valence electrons. The maximum absolute atomic E-state index is 11.9. The van der Waals surface area contributed by atoms with E-state index in [-0.39, 0.29) is 11.4 Å². The molecule has 0 unspecified atom stereocenters. The lowest BCUT2D eigenvalue weighted by Gasteiger charge is -2.24. The Kier molecular flexibility index (Phi) is 3.80. The van der Waals surface area contributed by atoms with Crippen LogP contribution in [0.3, 0.4) is 0 Å². The summed E-state index contributed by atoms with van der Waals surface area (Å²) in [6.07, 6.45) is 0.896. The predicted octanol–water partition coefficient (Wildman–Crippen LogP) is 2.89. The molecule has 0 atom stereocenters. The van der Waals surface area contributed by atoms with Crippen LogP contribution in [0.4, 0.5) is 0 Å². The first kappa shape index (κ1) is 12.1. The molecule has 1 aromatic rings. The van der Waals surface area contributed by atoms with Crippen molar-refractivity contribution >= 4 is 18.5 Å². The molecule has 0 aliphatic rings. The van der Waals surface area contributed by atoms with Crippen LogP contribution in [0.25, 0.3) is 0 Å². The molecule has 0 radical (unpaired) electrons. The number of thiol groups is 1. The first-order chi connectivity index (χ1) is 6.96. The number of carbonyl (C=O) groups is 1. The second kappa shape index (κ2) is 4.71. The molecule has 0 spiro atoms. The standard InChI is InChI=1S/C12H17NOS/c1-4-12(2,3)13-11(14)9-7-5-6-8-10(9)15/h5-8,15H,4H2,1-3H3,(H,13,14). The van der Waals surface area contributed by atoms with Crippen LogP contribution in [-0.2, 0) is 0 Å². The van der Waals surface area contributed by atoms with E-state index in [1.54, 1.807) is 6.07 Å². The molecule has 1 aromatic carbocycles. The van der Waals surface area contributed by atoms with Crippen molar-refractivity contribution < 1.29 is 4.79 Å². The van der Waals surface area contributed by atoms with E-state index in [9.17, 15) is 4.79 Å². The number of carbonyl (C=O) groups excluding carboxylic acids is 1. The zero-order valence-corrected chi connectivity index (χ0v) is 10.3. The van der Waals surface area contributed by atoms with Gasteiger partial charge in [0.25, 0.3) is 5.91 Å². The summed E-state index contributed by atoms with van der Waals surface area (Å²) in [4.78, 5) is 12.6.